The van der Waals surface area contributed by atoms with Gasteiger partial charge in [-0.1, -0.05) is 51.5 Å². The molecule has 3 heteroatoms. The summed E-state index contributed by atoms with van der Waals surface area (Å²) in [6.07, 6.45) is 9.14. The van der Waals surface area contributed by atoms with E-state index in [2.05, 4.69) is 13.0 Å². The van der Waals surface area contributed by atoms with Gasteiger partial charge < -0.3 is 0 Å². The number of halogens is 2. The van der Waals surface area contributed by atoms with Gasteiger partial charge >= 0.3 is 0 Å². The fourth-order valence-electron chi connectivity index (χ4n) is 1.94. The minimum Gasteiger partial charge on any atom is -0.206 e. The Labute approximate surface area is 124 Å². The molecule has 0 atom stereocenters. The standard InChI is InChI=1S/C15H21F2.Ti/c1-2-3-4-5-6-7-8-9-13-10-11-14(16)12-15(13)17;/h10-11H,2-9H2,1H3;. The van der Waals surface area contributed by atoms with Gasteiger partial charge in [-0.2, -0.15) is 0 Å². The molecule has 0 amide bonds. The van der Waals surface area contributed by atoms with Crippen molar-refractivity contribution in [1.29, 1.82) is 0 Å². The minimum absolute atomic E-state index is 0. The van der Waals surface area contributed by atoms with Gasteiger partial charge in [0.15, 0.2) is 0 Å². The monoisotopic (exact) mass is 287 g/mol. The first-order chi connectivity index (χ1) is 8.24. The third-order valence-electron chi connectivity index (χ3n) is 2.99. The Morgan fingerprint density at radius 3 is 2.17 bits per heavy atom. The number of unbranched alkanes of at least 4 members (excludes halogenated alkanes) is 6. The van der Waals surface area contributed by atoms with Crippen molar-refractivity contribution >= 4 is 0 Å². The first-order valence-corrected chi connectivity index (χ1v) is 6.60. The average Bonchev–Trinajstić information content (AvgIpc) is 2.30. The average molecular weight is 287 g/mol. The van der Waals surface area contributed by atoms with Crippen molar-refractivity contribution in [2.45, 2.75) is 58.3 Å². The number of rotatable bonds is 8. The molecule has 0 aliphatic heterocycles. The molecule has 1 radical (unpaired) electrons. The molecule has 1 rings (SSSR count). The van der Waals surface area contributed by atoms with Crippen LogP contribution in [-0.2, 0) is 28.1 Å². The van der Waals surface area contributed by atoms with Gasteiger partial charge in [-0.15, -0.1) is 0 Å². The van der Waals surface area contributed by atoms with Gasteiger partial charge in [-0.3, -0.25) is 0 Å². The fraction of sp³-hybridized carbons (Fsp3) is 0.600. The Morgan fingerprint density at radius 2 is 1.56 bits per heavy atom. The first-order valence-electron chi connectivity index (χ1n) is 6.60. The third kappa shape index (κ3) is 7.28. The van der Waals surface area contributed by atoms with Crippen LogP contribution >= 0.6 is 0 Å². The van der Waals surface area contributed by atoms with Crippen molar-refractivity contribution in [1.82, 2.24) is 0 Å². The molecule has 0 spiro atoms. The van der Waals surface area contributed by atoms with Gasteiger partial charge in [0.05, 0.1) is 6.07 Å². The van der Waals surface area contributed by atoms with E-state index in [4.69, 9.17) is 0 Å². The van der Waals surface area contributed by atoms with Gasteiger partial charge in [-0.05, 0) is 24.5 Å². The van der Waals surface area contributed by atoms with Crippen molar-refractivity contribution in [2.24, 2.45) is 0 Å². The van der Waals surface area contributed by atoms with E-state index in [0.29, 0.717) is 12.0 Å². The van der Waals surface area contributed by atoms with Crippen molar-refractivity contribution in [2.75, 3.05) is 0 Å². The number of hydrogen-bond donors (Lipinski definition) is 0. The molecule has 0 nitrogen and oxygen atoms in total. The van der Waals surface area contributed by atoms with Crippen molar-refractivity contribution in [3.63, 3.8) is 0 Å². The van der Waals surface area contributed by atoms with Gasteiger partial charge in [0.2, 0.25) is 0 Å². The SMILES string of the molecule is CCCCCCCCCc1ccc(F)[c]c1F.[Ti]. The van der Waals surface area contributed by atoms with Crippen LogP contribution in [0.2, 0.25) is 0 Å². The van der Waals surface area contributed by atoms with Crippen molar-refractivity contribution in [3.05, 3.63) is 35.4 Å². The molecule has 0 aliphatic carbocycles. The van der Waals surface area contributed by atoms with E-state index in [9.17, 15) is 8.78 Å². The molecule has 0 aliphatic rings. The van der Waals surface area contributed by atoms with Crippen LogP contribution in [0.5, 0.6) is 0 Å². The summed E-state index contributed by atoms with van der Waals surface area (Å²) in [6, 6.07) is 4.88. The smallest absolute Gasteiger partial charge is 0.137 e. The summed E-state index contributed by atoms with van der Waals surface area (Å²) in [4.78, 5) is 0. The van der Waals surface area contributed by atoms with Crippen LogP contribution in [0.4, 0.5) is 8.78 Å². The molecule has 0 bridgehead atoms. The molecular weight excluding hydrogens is 266 g/mol. The molecule has 18 heavy (non-hydrogen) atoms. The Hall–Kier alpha value is -0.206. The fourth-order valence-corrected chi connectivity index (χ4v) is 1.94. The molecular formula is C15H21F2Ti. The molecule has 0 saturated carbocycles. The van der Waals surface area contributed by atoms with Crippen molar-refractivity contribution < 1.29 is 30.5 Å². The van der Waals surface area contributed by atoms with E-state index in [-0.39, 0.29) is 21.7 Å². The van der Waals surface area contributed by atoms with Gasteiger partial charge in [0, 0.05) is 21.7 Å². The second-order valence-corrected chi connectivity index (χ2v) is 4.52. The maximum atomic E-state index is 13.2. The van der Waals surface area contributed by atoms with E-state index < -0.39 is 11.6 Å². The molecule has 0 unspecified atom stereocenters. The summed E-state index contributed by atoms with van der Waals surface area (Å²) < 4.78 is 25.8. The van der Waals surface area contributed by atoms with Crippen LogP contribution in [0, 0.1) is 17.7 Å². The summed E-state index contributed by atoms with van der Waals surface area (Å²) in [7, 11) is 0. The summed E-state index contributed by atoms with van der Waals surface area (Å²) in [5.41, 5.74) is 0.583. The Kier molecular flexibility index (Phi) is 10.6. The van der Waals surface area contributed by atoms with Gasteiger partial charge in [-0.25, -0.2) is 8.78 Å². The number of benzene rings is 1. The van der Waals surface area contributed by atoms with E-state index in [1.807, 2.05) is 0 Å². The van der Waals surface area contributed by atoms with Crippen LogP contribution in [0.1, 0.15) is 57.4 Å². The Balaban J connectivity index is 0.00000289. The van der Waals surface area contributed by atoms with Crippen LogP contribution in [0.15, 0.2) is 12.1 Å². The zero-order valence-corrected chi connectivity index (χ0v) is 12.6. The summed E-state index contributed by atoms with van der Waals surface area (Å²) in [6.45, 7) is 2.20. The molecule has 0 fully saturated rings. The number of hydrogen-bond acceptors (Lipinski definition) is 0. The largest absolute Gasteiger partial charge is 0.206 e. The maximum absolute atomic E-state index is 13.2. The quantitative estimate of drug-likeness (QED) is 0.463. The molecule has 99 valence electrons. The molecule has 0 heterocycles. The summed E-state index contributed by atoms with van der Waals surface area (Å²) in [5.74, 6) is -1.15. The predicted octanol–water partition coefficient (Wildman–Crippen LogP) is 5.06. The van der Waals surface area contributed by atoms with Gasteiger partial charge in [0.25, 0.3) is 0 Å². The molecule has 0 N–H and O–H groups in total. The summed E-state index contributed by atoms with van der Waals surface area (Å²) >= 11 is 0. The Bertz CT molecular complexity index is 326. The van der Waals surface area contributed by atoms with E-state index in [0.717, 1.165) is 12.8 Å². The molecule has 1 aromatic carbocycles. The Morgan fingerprint density at radius 1 is 0.944 bits per heavy atom. The van der Waals surface area contributed by atoms with Crippen LogP contribution in [0.3, 0.4) is 0 Å². The molecule has 0 saturated heterocycles. The van der Waals surface area contributed by atoms with E-state index >= 15 is 0 Å². The summed E-state index contributed by atoms with van der Waals surface area (Å²) in [5, 5.41) is 0. The van der Waals surface area contributed by atoms with Crippen LogP contribution < -0.4 is 0 Å². The van der Waals surface area contributed by atoms with Crippen LogP contribution in [-0.4, -0.2) is 0 Å². The minimum atomic E-state index is -0.620. The second-order valence-electron chi connectivity index (χ2n) is 4.52. The number of aryl methyl sites for hydroxylation is 1. The molecule has 0 aromatic heterocycles. The topological polar surface area (TPSA) is 0 Å². The van der Waals surface area contributed by atoms with E-state index in [1.165, 1.54) is 44.2 Å². The second kappa shape index (κ2) is 10.7. The maximum Gasteiger partial charge on any atom is 0.137 e. The van der Waals surface area contributed by atoms with E-state index in [1.54, 1.807) is 0 Å². The zero-order valence-electron chi connectivity index (χ0n) is 11.1. The normalized spacial score (nSPS) is 10.2. The van der Waals surface area contributed by atoms with Crippen LogP contribution in [0.25, 0.3) is 0 Å². The zero-order chi connectivity index (χ0) is 12.5. The van der Waals surface area contributed by atoms with Gasteiger partial charge in [0.1, 0.15) is 11.6 Å². The third-order valence-corrected chi connectivity index (χ3v) is 2.99. The first kappa shape index (κ1) is 17.8. The molecule has 1 aromatic rings. The predicted molar refractivity (Wildman–Crippen MR) is 66.9 cm³/mol. The van der Waals surface area contributed by atoms with Crippen molar-refractivity contribution in [3.8, 4) is 0 Å².